The van der Waals surface area contributed by atoms with E-state index in [9.17, 15) is 4.79 Å². The lowest BCUT2D eigenvalue weighted by molar-refractivity contribution is -0.117. The molecular formula is C12H14N4O2. The first-order valence-corrected chi connectivity index (χ1v) is 5.25. The molecule has 1 aliphatic heterocycles. The van der Waals surface area contributed by atoms with E-state index >= 15 is 0 Å². The first kappa shape index (κ1) is 6.19. The predicted octanol–water partition coefficient (Wildman–Crippen LogP) is 1.31. The fraction of sp³-hybridized carbons (Fsp3) is 0.333. The fourth-order valence-corrected chi connectivity index (χ4v) is 2.08. The fourth-order valence-electron chi connectivity index (χ4n) is 2.08. The number of hydrogen-bond donors (Lipinski definition) is 2. The summed E-state index contributed by atoms with van der Waals surface area (Å²) in [5.74, 6) is -0.770. The van der Waals surface area contributed by atoms with Crippen LogP contribution in [-0.4, -0.2) is 35.7 Å². The molecule has 2 aromatic heterocycles. The van der Waals surface area contributed by atoms with E-state index in [1.165, 1.54) is 6.20 Å². The van der Waals surface area contributed by atoms with Crippen molar-refractivity contribution in [2.45, 2.75) is 12.9 Å². The summed E-state index contributed by atoms with van der Waals surface area (Å²) in [6, 6.07) is 0.0882. The Hall–Kier alpha value is -2.08. The minimum atomic E-state index is -2.72. The van der Waals surface area contributed by atoms with Gasteiger partial charge in [0.15, 0.2) is 0 Å². The summed E-state index contributed by atoms with van der Waals surface area (Å²) in [6.45, 7) is -3.25. The number of amides is 1. The number of rotatable bonds is 2. The van der Waals surface area contributed by atoms with Gasteiger partial charge in [-0.1, -0.05) is 0 Å². The number of fused-ring (bicyclic) bond motifs is 3. The van der Waals surface area contributed by atoms with Gasteiger partial charge in [-0.25, -0.2) is 4.98 Å². The van der Waals surface area contributed by atoms with E-state index in [1.807, 2.05) is 0 Å². The number of carbonyl (C=O) groups is 1. The summed E-state index contributed by atoms with van der Waals surface area (Å²) in [5.41, 5.74) is 1.13. The van der Waals surface area contributed by atoms with Crippen molar-refractivity contribution in [1.82, 2.24) is 9.97 Å². The minimum Gasteiger partial charge on any atom is -0.364 e. The Kier molecular flexibility index (Phi) is 1.37. The van der Waals surface area contributed by atoms with Gasteiger partial charge in [0.1, 0.15) is 18.4 Å². The first-order valence-electron chi connectivity index (χ1n) is 8.25. The summed E-state index contributed by atoms with van der Waals surface area (Å²) >= 11 is 0. The topological polar surface area (TPSA) is 70.2 Å². The van der Waals surface area contributed by atoms with Crippen LogP contribution in [0, 0.1) is 0 Å². The molecule has 0 bridgehead atoms. The second-order valence-electron chi connectivity index (χ2n) is 3.90. The lowest BCUT2D eigenvalue weighted by atomic mass is 10.1. The predicted molar refractivity (Wildman–Crippen MR) is 68.5 cm³/mol. The molecule has 0 radical (unpaired) electrons. The van der Waals surface area contributed by atoms with E-state index < -0.39 is 32.6 Å². The second kappa shape index (κ2) is 3.99. The van der Waals surface area contributed by atoms with Gasteiger partial charge >= 0.3 is 0 Å². The lowest BCUT2D eigenvalue weighted by Crippen LogP contribution is -2.47. The maximum Gasteiger partial charge on any atom is 0.246 e. The van der Waals surface area contributed by atoms with Crippen LogP contribution < -0.4 is 10.2 Å². The van der Waals surface area contributed by atoms with Crippen LogP contribution in [0.4, 0.5) is 11.4 Å². The Morgan fingerprint density at radius 1 is 1.67 bits per heavy atom. The Balaban J connectivity index is 2.14. The van der Waals surface area contributed by atoms with E-state index in [4.69, 9.17) is 13.0 Å². The van der Waals surface area contributed by atoms with Crippen molar-refractivity contribution in [2.75, 3.05) is 24.0 Å². The van der Waals surface area contributed by atoms with Gasteiger partial charge in [-0.05, 0) is 12.9 Å². The molecular weight excluding hydrogens is 232 g/mol. The number of aromatic nitrogens is 2. The number of aromatic amines is 1. The second-order valence-corrected chi connectivity index (χ2v) is 3.90. The molecule has 1 unspecified atom stereocenters. The molecule has 1 amide bonds. The van der Waals surface area contributed by atoms with Crippen LogP contribution in [0.3, 0.4) is 0 Å². The average molecular weight is 252 g/mol. The van der Waals surface area contributed by atoms with Gasteiger partial charge in [0.2, 0.25) is 5.91 Å². The molecule has 2 aromatic rings. The molecule has 0 aliphatic carbocycles. The number of anilines is 2. The number of methoxy groups -OCH3 is 1. The van der Waals surface area contributed by atoms with Crippen LogP contribution in [-0.2, 0) is 9.53 Å². The Morgan fingerprint density at radius 3 is 3.44 bits per heavy atom. The van der Waals surface area contributed by atoms with Gasteiger partial charge < -0.3 is 19.9 Å². The van der Waals surface area contributed by atoms with Crippen LogP contribution in [0.2, 0.25) is 0 Å². The molecule has 2 N–H and O–H groups in total. The van der Waals surface area contributed by atoms with Crippen molar-refractivity contribution in [3.8, 4) is 0 Å². The Bertz CT molecular complexity index is 784. The maximum atomic E-state index is 12.3. The van der Waals surface area contributed by atoms with Crippen molar-refractivity contribution < 1.29 is 17.8 Å². The van der Waals surface area contributed by atoms with Crippen LogP contribution in [0.25, 0.3) is 11.0 Å². The van der Waals surface area contributed by atoms with Gasteiger partial charge in [-0.2, -0.15) is 0 Å². The lowest BCUT2D eigenvalue weighted by Gasteiger charge is -2.35. The zero-order valence-electron chi connectivity index (χ0n) is 15.2. The van der Waals surface area contributed by atoms with E-state index in [1.54, 1.807) is 12.3 Å². The molecule has 0 saturated carbocycles. The largest absolute Gasteiger partial charge is 0.364 e. The van der Waals surface area contributed by atoms with Crippen LogP contribution in [0.15, 0.2) is 18.5 Å². The number of carbonyl (C=O) groups excluding carboxylic acids is 1. The number of nitrogens with one attached hydrogen (secondary N) is 2. The molecule has 94 valence electrons. The number of pyridine rings is 1. The van der Waals surface area contributed by atoms with Crippen molar-refractivity contribution in [2.24, 2.45) is 0 Å². The summed E-state index contributed by atoms with van der Waals surface area (Å²) < 4.78 is 49.2. The van der Waals surface area contributed by atoms with E-state index in [0.717, 1.165) is 4.90 Å². The molecule has 3 heterocycles. The van der Waals surface area contributed by atoms with E-state index in [0.29, 0.717) is 22.4 Å². The van der Waals surface area contributed by atoms with Gasteiger partial charge in [0, 0.05) is 22.7 Å². The highest BCUT2D eigenvalue weighted by molar-refractivity contribution is 6.09. The quantitative estimate of drug-likeness (QED) is 0.845. The average Bonchev–Trinajstić information content (AvgIpc) is 2.90. The zero-order chi connectivity index (χ0) is 17.7. The molecule has 0 saturated heterocycles. The monoisotopic (exact) mass is 252 g/mol. The smallest absolute Gasteiger partial charge is 0.246 e. The third-order valence-electron chi connectivity index (χ3n) is 2.87. The summed E-state index contributed by atoms with van der Waals surface area (Å²) in [6.07, 6.45) is 2.99. The van der Waals surface area contributed by atoms with Crippen molar-refractivity contribution in [1.29, 1.82) is 0 Å². The van der Waals surface area contributed by atoms with Gasteiger partial charge in [-0.15, -0.1) is 0 Å². The molecule has 3 rings (SSSR count). The first-order chi connectivity index (χ1) is 11.1. The Labute approximate surface area is 112 Å². The maximum absolute atomic E-state index is 12.3. The van der Waals surface area contributed by atoms with Crippen molar-refractivity contribution in [3.05, 3.63) is 18.5 Å². The number of hydrogen-bond acceptors (Lipinski definition) is 4. The molecule has 0 spiro atoms. The number of H-pyrrole nitrogens is 1. The highest BCUT2D eigenvalue weighted by atomic mass is 16.5. The van der Waals surface area contributed by atoms with Gasteiger partial charge in [-0.3, -0.25) is 4.79 Å². The molecule has 6 heteroatoms. The molecule has 0 fully saturated rings. The molecule has 18 heavy (non-hydrogen) atoms. The highest BCUT2D eigenvalue weighted by Gasteiger charge is 2.31. The Morgan fingerprint density at radius 2 is 2.61 bits per heavy atom. The third kappa shape index (κ3) is 1.46. The molecule has 0 aromatic carbocycles. The summed E-state index contributed by atoms with van der Waals surface area (Å²) in [7, 11) is -2.72. The molecule has 1 aliphatic rings. The van der Waals surface area contributed by atoms with Crippen molar-refractivity contribution >= 4 is 28.3 Å². The van der Waals surface area contributed by atoms with Crippen LogP contribution in [0.5, 0.6) is 0 Å². The van der Waals surface area contributed by atoms with Gasteiger partial charge in [0.05, 0.1) is 21.7 Å². The third-order valence-corrected chi connectivity index (χ3v) is 2.87. The van der Waals surface area contributed by atoms with E-state index in [-0.39, 0.29) is 0 Å². The normalized spacial score (nSPS) is 25.2. The molecule has 6 nitrogen and oxygen atoms in total. The standard InChI is InChI=1S/C12H14N4O2/c1-7-12(17)15-9-5-14-11-8(3-4-13-11)10(9)16(7)6-18-2/h3-5,7H,6H2,1-2H3,(H,13,14)(H,15,17)/i1D3,2D3. The van der Waals surface area contributed by atoms with Crippen LogP contribution in [0.1, 0.15) is 15.1 Å². The summed E-state index contributed by atoms with van der Waals surface area (Å²) in [5, 5.41) is 3.06. The van der Waals surface area contributed by atoms with Gasteiger partial charge in [0.25, 0.3) is 0 Å². The van der Waals surface area contributed by atoms with Crippen molar-refractivity contribution in [3.63, 3.8) is 0 Å². The SMILES string of the molecule is [2H]C([2H])([2H])OCN1c2c(cnc3[nH]ccc23)NC(=O)C1C([2H])([2H])[2H]. The zero-order valence-corrected chi connectivity index (χ0v) is 9.23. The van der Waals surface area contributed by atoms with E-state index in [2.05, 4.69) is 15.3 Å². The summed E-state index contributed by atoms with van der Waals surface area (Å²) in [4.78, 5) is 20.4. The van der Waals surface area contributed by atoms with Crippen LogP contribution >= 0.6 is 0 Å². The minimum absolute atomic E-state index is 0.293. The number of nitrogens with zero attached hydrogens (tertiary/aromatic N) is 2. The number of ether oxygens (including phenoxy) is 1. The highest BCUT2D eigenvalue weighted by Crippen LogP contribution is 2.37. The molecule has 1 atom stereocenters.